The molecular formula is C22H24N6. The van der Waals surface area contributed by atoms with Crippen LogP contribution in [-0.4, -0.2) is 58.3 Å². The standard InChI is InChI=1S/C22H24N6/c1-15-20(14-25-26-15)21-13-24-22-19(21)11-17(12-23-22)16-3-5-18(6-4-16)28-9-7-27(2)8-10-28/h3-6,11-14H,7-10H2,1-2H3,(H,23,24)(H,25,26). The Morgan fingerprint density at radius 3 is 2.43 bits per heavy atom. The molecule has 142 valence electrons. The molecular weight excluding hydrogens is 348 g/mol. The molecule has 1 aromatic carbocycles. The number of aryl methyl sites for hydroxylation is 1. The van der Waals surface area contributed by atoms with Crippen LogP contribution >= 0.6 is 0 Å². The fourth-order valence-electron chi connectivity index (χ4n) is 3.94. The minimum atomic E-state index is 0.897. The molecule has 6 heteroatoms. The Kier molecular flexibility index (Phi) is 4.13. The van der Waals surface area contributed by atoms with E-state index in [9.17, 15) is 0 Å². The highest BCUT2D eigenvalue weighted by Crippen LogP contribution is 2.32. The summed E-state index contributed by atoms with van der Waals surface area (Å²) in [7, 11) is 2.18. The predicted molar refractivity (Wildman–Crippen MR) is 114 cm³/mol. The lowest BCUT2D eigenvalue weighted by atomic mass is 10.0. The van der Waals surface area contributed by atoms with E-state index in [1.54, 1.807) is 0 Å². The van der Waals surface area contributed by atoms with Gasteiger partial charge in [0.2, 0.25) is 0 Å². The first-order chi connectivity index (χ1) is 13.7. The topological polar surface area (TPSA) is 63.8 Å². The number of likely N-dealkylation sites (N-methyl/N-ethyl adjacent to an activating group) is 1. The Morgan fingerprint density at radius 1 is 0.929 bits per heavy atom. The van der Waals surface area contributed by atoms with Gasteiger partial charge in [-0.3, -0.25) is 5.10 Å². The van der Waals surface area contributed by atoms with Crippen LogP contribution in [0.2, 0.25) is 0 Å². The quantitative estimate of drug-likeness (QED) is 0.576. The van der Waals surface area contributed by atoms with Gasteiger partial charge in [-0.15, -0.1) is 0 Å². The zero-order chi connectivity index (χ0) is 19.1. The number of hydrogen-bond acceptors (Lipinski definition) is 4. The molecule has 0 bridgehead atoms. The number of aromatic amines is 2. The molecule has 1 saturated heterocycles. The smallest absolute Gasteiger partial charge is 0.137 e. The molecule has 0 atom stereocenters. The van der Waals surface area contributed by atoms with Crippen molar-refractivity contribution in [2.45, 2.75) is 6.92 Å². The van der Waals surface area contributed by atoms with E-state index >= 15 is 0 Å². The van der Waals surface area contributed by atoms with Gasteiger partial charge >= 0.3 is 0 Å². The number of anilines is 1. The summed E-state index contributed by atoms with van der Waals surface area (Å²) in [4.78, 5) is 12.7. The first-order valence-electron chi connectivity index (χ1n) is 9.71. The molecule has 1 aliphatic rings. The molecule has 0 spiro atoms. The van der Waals surface area contributed by atoms with Gasteiger partial charge in [0, 0.05) is 72.5 Å². The van der Waals surface area contributed by atoms with Gasteiger partial charge in [0.05, 0.1) is 5.69 Å². The average Bonchev–Trinajstić information content (AvgIpc) is 3.34. The van der Waals surface area contributed by atoms with E-state index in [0.29, 0.717) is 0 Å². The van der Waals surface area contributed by atoms with E-state index in [0.717, 1.165) is 59.6 Å². The highest BCUT2D eigenvalue weighted by Gasteiger charge is 2.15. The maximum atomic E-state index is 4.64. The van der Waals surface area contributed by atoms with Gasteiger partial charge in [-0.2, -0.15) is 5.10 Å². The lowest BCUT2D eigenvalue weighted by Crippen LogP contribution is -2.44. The van der Waals surface area contributed by atoms with Crippen molar-refractivity contribution in [3.8, 4) is 22.3 Å². The molecule has 0 radical (unpaired) electrons. The molecule has 0 unspecified atom stereocenters. The number of nitrogens with zero attached hydrogens (tertiary/aromatic N) is 4. The van der Waals surface area contributed by atoms with Crippen LogP contribution in [0, 0.1) is 6.92 Å². The Bertz CT molecular complexity index is 1100. The van der Waals surface area contributed by atoms with Crippen molar-refractivity contribution in [1.29, 1.82) is 0 Å². The Hall–Kier alpha value is -3.12. The van der Waals surface area contributed by atoms with Gasteiger partial charge in [0.1, 0.15) is 5.65 Å². The van der Waals surface area contributed by atoms with Crippen LogP contribution in [0.3, 0.4) is 0 Å². The third kappa shape index (κ3) is 2.96. The molecule has 2 N–H and O–H groups in total. The number of rotatable bonds is 3. The highest BCUT2D eigenvalue weighted by molar-refractivity contribution is 5.96. The van der Waals surface area contributed by atoms with Crippen LogP contribution in [0.1, 0.15) is 5.69 Å². The summed E-state index contributed by atoms with van der Waals surface area (Å²) < 4.78 is 0. The van der Waals surface area contributed by atoms with Crippen molar-refractivity contribution in [3.05, 3.63) is 54.6 Å². The second kappa shape index (κ2) is 6.80. The largest absolute Gasteiger partial charge is 0.369 e. The molecule has 5 rings (SSSR count). The average molecular weight is 372 g/mol. The summed E-state index contributed by atoms with van der Waals surface area (Å²) >= 11 is 0. The van der Waals surface area contributed by atoms with Crippen LogP contribution < -0.4 is 4.90 Å². The molecule has 3 aromatic heterocycles. The van der Waals surface area contributed by atoms with E-state index in [2.05, 4.69) is 67.3 Å². The first kappa shape index (κ1) is 17.0. The number of pyridine rings is 1. The molecule has 28 heavy (non-hydrogen) atoms. The Morgan fingerprint density at radius 2 is 1.71 bits per heavy atom. The number of aromatic nitrogens is 4. The summed E-state index contributed by atoms with van der Waals surface area (Å²) in [6.45, 7) is 6.41. The molecule has 6 nitrogen and oxygen atoms in total. The molecule has 4 heterocycles. The van der Waals surface area contributed by atoms with Gasteiger partial charge in [-0.25, -0.2) is 4.98 Å². The van der Waals surface area contributed by atoms with Gasteiger partial charge in [0.15, 0.2) is 0 Å². The predicted octanol–water partition coefficient (Wildman–Crippen LogP) is 3.68. The molecule has 4 aromatic rings. The van der Waals surface area contributed by atoms with Crippen molar-refractivity contribution in [2.75, 3.05) is 38.1 Å². The Labute approximate surface area is 164 Å². The number of fused-ring (bicyclic) bond motifs is 1. The van der Waals surface area contributed by atoms with Crippen LogP contribution in [0.25, 0.3) is 33.3 Å². The van der Waals surface area contributed by atoms with E-state index in [-0.39, 0.29) is 0 Å². The van der Waals surface area contributed by atoms with Gasteiger partial charge in [-0.1, -0.05) is 12.1 Å². The highest BCUT2D eigenvalue weighted by atomic mass is 15.2. The lowest BCUT2D eigenvalue weighted by Gasteiger charge is -2.34. The third-order valence-corrected chi connectivity index (χ3v) is 5.72. The number of benzene rings is 1. The molecule has 0 amide bonds. The summed E-state index contributed by atoms with van der Waals surface area (Å²) in [5.41, 5.74) is 7.72. The number of piperazine rings is 1. The second-order valence-corrected chi connectivity index (χ2v) is 7.54. The third-order valence-electron chi connectivity index (χ3n) is 5.72. The first-order valence-corrected chi connectivity index (χ1v) is 9.71. The maximum absolute atomic E-state index is 4.64. The van der Waals surface area contributed by atoms with Crippen LogP contribution in [-0.2, 0) is 0 Å². The van der Waals surface area contributed by atoms with Gasteiger partial charge in [0.25, 0.3) is 0 Å². The van der Waals surface area contributed by atoms with Crippen molar-refractivity contribution < 1.29 is 0 Å². The van der Waals surface area contributed by atoms with Crippen molar-refractivity contribution >= 4 is 16.7 Å². The number of nitrogens with one attached hydrogen (secondary N) is 2. The van der Waals surface area contributed by atoms with Crippen LogP contribution in [0.4, 0.5) is 5.69 Å². The molecule has 0 saturated carbocycles. The minimum Gasteiger partial charge on any atom is -0.369 e. The van der Waals surface area contributed by atoms with Crippen molar-refractivity contribution in [3.63, 3.8) is 0 Å². The number of hydrogen-bond donors (Lipinski definition) is 2. The molecule has 1 fully saturated rings. The number of H-pyrrole nitrogens is 2. The molecule has 1 aliphatic heterocycles. The Balaban J connectivity index is 1.47. The van der Waals surface area contributed by atoms with E-state index in [4.69, 9.17) is 0 Å². The summed E-state index contributed by atoms with van der Waals surface area (Å²) in [6.07, 6.45) is 5.89. The maximum Gasteiger partial charge on any atom is 0.137 e. The zero-order valence-electron chi connectivity index (χ0n) is 16.2. The monoisotopic (exact) mass is 372 g/mol. The van der Waals surface area contributed by atoms with E-state index in [1.165, 1.54) is 11.3 Å². The van der Waals surface area contributed by atoms with Gasteiger partial charge in [-0.05, 0) is 37.7 Å². The fraction of sp³-hybridized carbons (Fsp3) is 0.273. The molecule has 0 aliphatic carbocycles. The summed E-state index contributed by atoms with van der Waals surface area (Å²) in [5, 5.41) is 8.31. The van der Waals surface area contributed by atoms with E-state index in [1.807, 2.05) is 25.5 Å². The fourth-order valence-corrected chi connectivity index (χ4v) is 3.94. The van der Waals surface area contributed by atoms with Crippen LogP contribution in [0.15, 0.2) is 48.9 Å². The lowest BCUT2D eigenvalue weighted by molar-refractivity contribution is 0.313. The van der Waals surface area contributed by atoms with Gasteiger partial charge < -0.3 is 14.8 Å². The summed E-state index contributed by atoms with van der Waals surface area (Å²) in [6, 6.07) is 11.1. The van der Waals surface area contributed by atoms with Crippen molar-refractivity contribution in [1.82, 2.24) is 25.1 Å². The van der Waals surface area contributed by atoms with Crippen molar-refractivity contribution in [2.24, 2.45) is 0 Å². The summed E-state index contributed by atoms with van der Waals surface area (Å²) in [5.74, 6) is 0. The normalized spacial score (nSPS) is 15.4. The van der Waals surface area contributed by atoms with Crippen LogP contribution in [0.5, 0.6) is 0 Å². The second-order valence-electron chi connectivity index (χ2n) is 7.54. The van der Waals surface area contributed by atoms with E-state index < -0.39 is 0 Å². The minimum absolute atomic E-state index is 0.897. The SMILES string of the molecule is Cc1n[nH]cc1-c1c[nH]c2ncc(-c3ccc(N4CCN(C)CC4)cc3)cc12. The zero-order valence-corrected chi connectivity index (χ0v) is 16.2.